The fourth-order valence-corrected chi connectivity index (χ4v) is 10.7. The van der Waals surface area contributed by atoms with Gasteiger partial charge in [-0.15, -0.1) is 0 Å². The molecule has 4 heteroatoms. The molecule has 0 atom stereocenters. The monoisotopic (exact) mass is 586 g/mol. The Labute approximate surface area is 216 Å². The predicted octanol–water partition coefficient (Wildman–Crippen LogP) is 11.0. The summed E-state index contributed by atoms with van der Waals surface area (Å²) in [4.78, 5) is 0. The Kier molecular flexibility index (Phi) is 15.7. The third kappa shape index (κ3) is 10.6. The standard InChI is InChI=1S/C18H33P.C10H14.2ClH.Ru/c1-4-10-16(11-5-1)19(17-12-6-2-7-13-17)18-14-8-3-9-15-18;1-8(2)10-6-4-9(3)5-7-10;;;/h16-18H,1-15H2;4-8H,1-3H3;2*1H;/q;;;;+2/p-2. The molecule has 0 aliphatic heterocycles. The molecule has 0 unspecified atom stereocenters. The van der Waals surface area contributed by atoms with Crippen LogP contribution in [0.4, 0.5) is 0 Å². The van der Waals surface area contributed by atoms with Crippen molar-refractivity contribution < 1.29 is 15.1 Å². The van der Waals surface area contributed by atoms with Crippen LogP contribution in [0.2, 0.25) is 0 Å². The summed E-state index contributed by atoms with van der Waals surface area (Å²) in [5.74, 6) is 0.653. The second kappa shape index (κ2) is 17.3. The third-order valence-corrected chi connectivity index (χ3v) is 11.8. The van der Waals surface area contributed by atoms with Crippen LogP contribution < -0.4 is 0 Å². The molecule has 1 aromatic rings. The van der Waals surface area contributed by atoms with Crippen LogP contribution in [0.3, 0.4) is 0 Å². The molecule has 0 bridgehead atoms. The average Bonchev–Trinajstić information content (AvgIpc) is 2.83. The van der Waals surface area contributed by atoms with Crippen LogP contribution in [0.25, 0.3) is 0 Å². The topological polar surface area (TPSA) is 0 Å². The van der Waals surface area contributed by atoms with Gasteiger partial charge in [-0.2, -0.15) is 0 Å². The van der Waals surface area contributed by atoms with Crippen molar-refractivity contribution in [1.29, 1.82) is 0 Å². The van der Waals surface area contributed by atoms with Crippen molar-refractivity contribution in [2.75, 3.05) is 0 Å². The molecule has 0 spiro atoms. The molecule has 0 saturated heterocycles. The summed E-state index contributed by atoms with van der Waals surface area (Å²) in [6.07, 6.45) is 23.6. The molecular weight excluding hydrogens is 539 g/mol. The molecule has 0 amide bonds. The summed E-state index contributed by atoms with van der Waals surface area (Å²) in [6.45, 7) is 6.54. The molecule has 3 aliphatic carbocycles. The van der Waals surface area contributed by atoms with Crippen LogP contribution in [0.5, 0.6) is 0 Å². The van der Waals surface area contributed by atoms with Crippen LogP contribution in [-0.4, -0.2) is 17.0 Å². The van der Waals surface area contributed by atoms with E-state index in [1.807, 2.05) is 0 Å². The first kappa shape index (κ1) is 29.1. The summed E-state index contributed by atoms with van der Waals surface area (Å²) >= 11 is -0.346. The zero-order valence-corrected chi connectivity index (χ0v) is 24.9. The van der Waals surface area contributed by atoms with Crippen LogP contribution in [-0.2, 0) is 15.1 Å². The van der Waals surface area contributed by atoms with Gasteiger partial charge in [0.2, 0.25) is 0 Å². The first-order valence-corrected chi connectivity index (χ1v) is 19.3. The van der Waals surface area contributed by atoms with Gasteiger partial charge in [-0.3, -0.25) is 0 Å². The fourth-order valence-electron chi connectivity index (χ4n) is 5.98. The third-order valence-electron chi connectivity index (χ3n) is 7.73. The van der Waals surface area contributed by atoms with Crippen molar-refractivity contribution >= 4 is 27.3 Å². The van der Waals surface area contributed by atoms with E-state index in [9.17, 15) is 0 Å². The Morgan fingerprint density at radius 1 is 0.656 bits per heavy atom. The molecule has 3 saturated carbocycles. The molecule has 0 aromatic heterocycles. The van der Waals surface area contributed by atoms with Gasteiger partial charge in [0, 0.05) is 0 Å². The van der Waals surface area contributed by atoms with E-state index < -0.39 is 0 Å². The number of halogens is 2. The molecule has 3 fully saturated rings. The van der Waals surface area contributed by atoms with E-state index in [0.29, 0.717) is 13.8 Å². The van der Waals surface area contributed by atoms with Crippen molar-refractivity contribution in [3.63, 3.8) is 0 Å². The van der Waals surface area contributed by atoms with Gasteiger partial charge in [0.15, 0.2) is 0 Å². The Hall–Kier alpha value is 0.853. The number of aryl methyl sites for hydroxylation is 1. The van der Waals surface area contributed by atoms with E-state index in [1.54, 1.807) is 77.0 Å². The molecule has 0 N–H and O–H groups in total. The van der Waals surface area contributed by atoms with Gasteiger partial charge in [-0.1, -0.05) is 109 Å². The number of hydrogen-bond acceptors (Lipinski definition) is 0. The van der Waals surface area contributed by atoms with Crippen molar-refractivity contribution in [3.8, 4) is 0 Å². The second-order valence-electron chi connectivity index (χ2n) is 10.4. The molecule has 4 rings (SSSR count). The predicted molar refractivity (Wildman–Crippen MR) is 145 cm³/mol. The zero-order chi connectivity index (χ0) is 23.2. The van der Waals surface area contributed by atoms with Crippen molar-refractivity contribution in [3.05, 3.63) is 35.4 Å². The summed E-state index contributed by atoms with van der Waals surface area (Å²) in [7, 11) is 10.1. The van der Waals surface area contributed by atoms with Crippen LogP contribution in [0.15, 0.2) is 24.3 Å². The van der Waals surface area contributed by atoms with Crippen LogP contribution >= 0.6 is 27.3 Å². The van der Waals surface area contributed by atoms with Crippen molar-refractivity contribution in [2.24, 2.45) is 0 Å². The van der Waals surface area contributed by atoms with E-state index >= 15 is 0 Å². The molecule has 0 radical (unpaired) electrons. The van der Waals surface area contributed by atoms with Crippen LogP contribution in [0.1, 0.15) is 127 Å². The van der Waals surface area contributed by atoms with Gasteiger partial charge in [-0.05, 0) is 73.9 Å². The summed E-state index contributed by atoms with van der Waals surface area (Å²) in [5, 5.41) is 0. The van der Waals surface area contributed by atoms with Crippen molar-refractivity contribution in [2.45, 2.75) is 140 Å². The van der Waals surface area contributed by atoms with Gasteiger partial charge in [0.25, 0.3) is 0 Å². The Morgan fingerprint density at radius 3 is 1.25 bits per heavy atom. The van der Waals surface area contributed by atoms with E-state index in [4.69, 9.17) is 19.4 Å². The van der Waals surface area contributed by atoms with Gasteiger partial charge in [0.1, 0.15) is 0 Å². The van der Waals surface area contributed by atoms with Crippen LogP contribution in [0, 0.1) is 6.92 Å². The molecule has 0 heterocycles. The molecule has 32 heavy (non-hydrogen) atoms. The normalized spacial score (nSPS) is 21.1. The first-order valence-electron chi connectivity index (χ1n) is 13.3. The SMILES string of the molecule is C1CCC(P(C2CCCCC2)C2CCCCC2)CC1.Cc1ccc(C(C)C)cc1.[Cl][Ru][Cl]. The average molecular weight is 587 g/mol. The minimum absolute atomic E-state index is 0.346. The fraction of sp³-hybridized carbons (Fsp3) is 0.786. The molecule has 1 aromatic carbocycles. The van der Waals surface area contributed by atoms with E-state index in [-0.39, 0.29) is 15.1 Å². The van der Waals surface area contributed by atoms with Gasteiger partial charge in [0.05, 0.1) is 0 Å². The summed E-state index contributed by atoms with van der Waals surface area (Å²) in [6, 6.07) is 8.71. The maximum absolute atomic E-state index is 4.85. The minimum atomic E-state index is -0.346. The quantitative estimate of drug-likeness (QED) is 0.243. The molecular formula is C28H47Cl2PRu. The zero-order valence-electron chi connectivity index (χ0n) is 20.8. The van der Waals surface area contributed by atoms with E-state index in [2.05, 4.69) is 45.0 Å². The van der Waals surface area contributed by atoms with Gasteiger partial charge >= 0.3 is 34.5 Å². The number of rotatable bonds is 4. The Balaban J connectivity index is 0.000000235. The van der Waals surface area contributed by atoms with E-state index in [1.165, 1.54) is 47.4 Å². The van der Waals surface area contributed by atoms with Crippen molar-refractivity contribution in [1.82, 2.24) is 0 Å². The number of hydrogen-bond donors (Lipinski definition) is 0. The maximum atomic E-state index is 4.85. The van der Waals surface area contributed by atoms with Gasteiger partial charge < -0.3 is 0 Å². The summed E-state index contributed by atoms with van der Waals surface area (Å²) in [5.41, 5.74) is 6.33. The Bertz CT molecular complexity index is 531. The molecule has 3 aliphatic rings. The molecule has 186 valence electrons. The Morgan fingerprint density at radius 2 is 0.969 bits per heavy atom. The second-order valence-corrected chi connectivity index (χ2v) is 16.2. The number of benzene rings is 1. The van der Waals surface area contributed by atoms with E-state index in [0.717, 1.165) is 0 Å². The van der Waals surface area contributed by atoms with Gasteiger partial charge in [-0.25, -0.2) is 0 Å². The first-order chi connectivity index (χ1) is 15.6. The molecule has 0 nitrogen and oxygen atoms in total. The summed E-state index contributed by atoms with van der Waals surface area (Å²) < 4.78 is 0.